The van der Waals surface area contributed by atoms with Crippen molar-refractivity contribution in [1.82, 2.24) is 24.4 Å². The number of aromatic amines is 1. The average molecular weight is 357 g/mol. The molecule has 7 heteroatoms. The molecule has 0 unspecified atom stereocenters. The van der Waals surface area contributed by atoms with Crippen LogP contribution in [0.2, 0.25) is 0 Å². The molecule has 0 bridgehead atoms. The number of aromatic nitrogens is 3. The van der Waals surface area contributed by atoms with Crippen LogP contribution < -0.4 is 5.56 Å². The zero-order valence-corrected chi connectivity index (χ0v) is 15.6. The minimum atomic E-state index is -0.0646. The summed E-state index contributed by atoms with van der Waals surface area (Å²) in [4.78, 5) is 33.4. The maximum atomic E-state index is 12.3. The molecule has 2 aliphatic rings. The number of aryl methyl sites for hydroxylation is 1. The van der Waals surface area contributed by atoms with Gasteiger partial charge in [-0.2, -0.15) is 0 Å². The van der Waals surface area contributed by atoms with E-state index in [1.54, 1.807) is 6.07 Å². The van der Waals surface area contributed by atoms with E-state index < -0.39 is 0 Å². The molecule has 2 fully saturated rings. The lowest BCUT2D eigenvalue weighted by atomic mass is 9.73. The summed E-state index contributed by atoms with van der Waals surface area (Å²) in [5, 5.41) is 3.01. The number of rotatable bonds is 3. The molecule has 4 heterocycles. The van der Waals surface area contributed by atoms with E-state index in [0.29, 0.717) is 24.5 Å². The Morgan fingerprint density at radius 1 is 1.23 bits per heavy atom. The van der Waals surface area contributed by atoms with Crippen LogP contribution in [-0.4, -0.2) is 56.5 Å². The molecule has 7 nitrogen and oxygen atoms in total. The van der Waals surface area contributed by atoms with Crippen molar-refractivity contribution in [3.05, 3.63) is 33.9 Å². The van der Waals surface area contributed by atoms with Crippen molar-refractivity contribution in [3.63, 3.8) is 0 Å². The number of hydrogen-bond acceptors (Lipinski definition) is 4. The van der Waals surface area contributed by atoms with Crippen molar-refractivity contribution in [2.24, 2.45) is 5.41 Å². The zero-order chi connectivity index (χ0) is 18.3. The molecule has 2 aliphatic heterocycles. The van der Waals surface area contributed by atoms with E-state index in [1.807, 2.05) is 17.9 Å². The highest BCUT2D eigenvalue weighted by molar-refractivity contribution is 5.77. The van der Waals surface area contributed by atoms with Crippen LogP contribution in [0.3, 0.4) is 0 Å². The maximum absolute atomic E-state index is 12.3. The molecule has 2 saturated heterocycles. The van der Waals surface area contributed by atoms with Gasteiger partial charge in [0.1, 0.15) is 0 Å². The molecule has 0 aliphatic carbocycles. The summed E-state index contributed by atoms with van der Waals surface area (Å²) >= 11 is 0. The smallest absolute Gasteiger partial charge is 0.272 e. The van der Waals surface area contributed by atoms with Gasteiger partial charge >= 0.3 is 0 Å². The molecule has 0 saturated carbocycles. The van der Waals surface area contributed by atoms with E-state index in [2.05, 4.69) is 21.9 Å². The Bertz CT molecular complexity index is 886. The second kappa shape index (κ2) is 6.54. The first-order chi connectivity index (χ1) is 12.5. The predicted molar refractivity (Wildman–Crippen MR) is 99.0 cm³/mol. The maximum Gasteiger partial charge on any atom is 0.272 e. The molecule has 1 amide bonds. The van der Waals surface area contributed by atoms with Crippen molar-refractivity contribution in [2.45, 2.75) is 46.1 Å². The van der Waals surface area contributed by atoms with Gasteiger partial charge in [-0.25, -0.2) is 9.50 Å². The summed E-state index contributed by atoms with van der Waals surface area (Å²) in [7, 11) is 0. The van der Waals surface area contributed by atoms with Gasteiger partial charge < -0.3 is 4.90 Å². The van der Waals surface area contributed by atoms with Gasteiger partial charge in [-0.1, -0.05) is 0 Å². The van der Waals surface area contributed by atoms with Gasteiger partial charge in [0.05, 0.1) is 5.69 Å². The SMILES string of the molecule is CCN1C[C@]2(CCCN(Cc3cc(=O)n4[nH]c(C)cc4n3)C2)CCC1=O. The molecule has 2 aromatic heterocycles. The largest absolute Gasteiger partial charge is 0.342 e. The number of fused-ring (bicyclic) bond motifs is 1. The molecular formula is C19H27N5O2. The van der Waals surface area contributed by atoms with Crippen LogP contribution in [0.1, 0.15) is 44.0 Å². The number of piperidine rings is 2. The molecule has 4 rings (SSSR count). The molecule has 1 atom stereocenters. The van der Waals surface area contributed by atoms with Crippen molar-refractivity contribution < 1.29 is 4.79 Å². The fourth-order valence-corrected chi connectivity index (χ4v) is 4.64. The lowest BCUT2D eigenvalue weighted by Crippen LogP contribution is -2.53. The summed E-state index contributed by atoms with van der Waals surface area (Å²) in [5.74, 6) is 0.290. The Morgan fingerprint density at radius 3 is 2.88 bits per heavy atom. The van der Waals surface area contributed by atoms with E-state index in [9.17, 15) is 9.59 Å². The summed E-state index contributed by atoms with van der Waals surface area (Å²) in [6.45, 7) is 8.33. The van der Waals surface area contributed by atoms with E-state index in [-0.39, 0.29) is 11.0 Å². The van der Waals surface area contributed by atoms with Gasteiger partial charge in [-0.3, -0.25) is 19.6 Å². The fourth-order valence-electron chi connectivity index (χ4n) is 4.64. The molecule has 140 valence electrons. The first kappa shape index (κ1) is 17.3. The third-order valence-electron chi connectivity index (χ3n) is 5.89. The highest BCUT2D eigenvalue weighted by Gasteiger charge is 2.41. The van der Waals surface area contributed by atoms with Crippen LogP contribution in [-0.2, 0) is 11.3 Å². The van der Waals surface area contributed by atoms with Crippen LogP contribution in [0, 0.1) is 12.3 Å². The van der Waals surface area contributed by atoms with Crippen molar-refractivity contribution in [3.8, 4) is 0 Å². The van der Waals surface area contributed by atoms with E-state index >= 15 is 0 Å². The zero-order valence-electron chi connectivity index (χ0n) is 15.6. The van der Waals surface area contributed by atoms with Crippen molar-refractivity contribution >= 4 is 11.6 Å². The second-order valence-corrected chi connectivity index (χ2v) is 7.94. The normalized spacial score (nSPS) is 24.7. The third kappa shape index (κ3) is 3.16. The molecule has 1 spiro atoms. The molecule has 0 radical (unpaired) electrons. The van der Waals surface area contributed by atoms with Crippen molar-refractivity contribution in [2.75, 3.05) is 26.2 Å². The van der Waals surface area contributed by atoms with Crippen LogP contribution in [0.15, 0.2) is 16.9 Å². The number of nitrogens with one attached hydrogen (secondary N) is 1. The number of nitrogens with zero attached hydrogens (tertiary/aromatic N) is 4. The number of carbonyl (C=O) groups excluding carboxylic acids is 1. The standard InChI is InChI=1S/C19H27N5O2/c1-3-23-13-19(7-5-17(23)25)6-4-8-22(12-19)11-15-10-18(26)24-16(20-15)9-14(2)21-24/h9-10,21H,3-8,11-13H2,1-2H3/t19-/m1/s1. The number of amides is 1. The fraction of sp³-hybridized carbons (Fsp3) is 0.632. The molecular weight excluding hydrogens is 330 g/mol. The summed E-state index contributed by atoms with van der Waals surface area (Å²) in [5.41, 5.74) is 2.56. The predicted octanol–water partition coefficient (Wildman–Crippen LogP) is 1.56. The average Bonchev–Trinajstić information content (AvgIpc) is 2.98. The van der Waals surface area contributed by atoms with Gasteiger partial charge in [0.15, 0.2) is 5.65 Å². The molecule has 0 aromatic carbocycles. The van der Waals surface area contributed by atoms with E-state index in [4.69, 9.17) is 0 Å². The van der Waals surface area contributed by atoms with Crippen LogP contribution in [0.5, 0.6) is 0 Å². The number of likely N-dealkylation sites (tertiary alicyclic amines) is 2. The Labute approximate surface area is 153 Å². The van der Waals surface area contributed by atoms with E-state index in [0.717, 1.165) is 50.4 Å². The highest BCUT2D eigenvalue weighted by atomic mass is 16.2. The first-order valence-electron chi connectivity index (χ1n) is 9.56. The minimum absolute atomic E-state index is 0.0646. The summed E-state index contributed by atoms with van der Waals surface area (Å²) < 4.78 is 1.49. The monoisotopic (exact) mass is 357 g/mol. The Morgan fingerprint density at radius 2 is 2.08 bits per heavy atom. The minimum Gasteiger partial charge on any atom is -0.342 e. The second-order valence-electron chi connectivity index (χ2n) is 7.94. The summed E-state index contributed by atoms with van der Waals surface area (Å²) in [6.07, 6.45) is 3.95. The Kier molecular flexibility index (Phi) is 4.34. The first-order valence-corrected chi connectivity index (χ1v) is 9.56. The third-order valence-corrected chi connectivity index (χ3v) is 5.89. The van der Waals surface area contributed by atoms with Crippen LogP contribution >= 0.6 is 0 Å². The lowest BCUT2D eigenvalue weighted by Gasteiger charge is -2.48. The lowest BCUT2D eigenvalue weighted by molar-refractivity contribution is -0.139. The quantitative estimate of drug-likeness (QED) is 0.905. The number of H-pyrrole nitrogens is 1. The van der Waals surface area contributed by atoms with Gasteiger partial charge in [0, 0.05) is 55.8 Å². The van der Waals surface area contributed by atoms with Gasteiger partial charge in [-0.05, 0) is 39.7 Å². The topological polar surface area (TPSA) is 73.7 Å². The van der Waals surface area contributed by atoms with Crippen LogP contribution in [0.4, 0.5) is 0 Å². The Balaban J connectivity index is 1.52. The van der Waals surface area contributed by atoms with Gasteiger partial charge in [-0.15, -0.1) is 0 Å². The van der Waals surface area contributed by atoms with Crippen molar-refractivity contribution in [1.29, 1.82) is 0 Å². The summed E-state index contributed by atoms with van der Waals surface area (Å²) in [6, 6.07) is 3.53. The van der Waals surface area contributed by atoms with Gasteiger partial charge in [0.25, 0.3) is 5.56 Å². The number of hydrogen-bond donors (Lipinski definition) is 1. The highest BCUT2D eigenvalue weighted by Crippen LogP contribution is 2.39. The van der Waals surface area contributed by atoms with Crippen LogP contribution in [0.25, 0.3) is 5.65 Å². The Hall–Kier alpha value is -2.15. The van der Waals surface area contributed by atoms with E-state index in [1.165, 1.54) is 10.9 Å². The molecule has 26 heavy (non-hydrogen) atoms. The molecule has 2 aromatic rings. The number of carbonyl (C=O) groups is 1. The molecule has 1 N–H and O–H groups in total. The van der Waals surface area contributed by atoms with Gasteiger partial charge in [0.2, 0.25) is 5.91 Å².